The Morgan fingerprint density at radius 1 is 1.45 bits per heavy atom. The highest BCUT2D eigenvalue weighted by atomic mass is 16.5. The fourth-order valence-electron chi connectivity index (χ4n) is 3.23. The number of carbonyl (C=O) groups is 1. The quantitative estimate of drug-likeness (QED) is 0.609. The van der Waals surface area contributed by atoms with E-state index in [2.05, 4.69) is 31.0 Å². The zero-order valence-electron chi connectivity index (χ0n) is 12.8. The molecule has 20 heavy (non-hydrogen) atoms. The van der Waals surface area contributed by atoms with E-state index in [9.17, 15) is 4.79 Å². The Hall–Kier alpha value is -1.35. The van der Waals surface area contributed by atoms with Crippen LogP contribution in [0.5, 0.6) is 5.75 Å². The first-order valence-electron chi connectivity index (χ1n) is 7.53. The largest absolute Gasteiger partial charge is 0.427 e. The van der Waals surface area contributed by atoms with Crippen LogP contribution in [0, 0.1) is 0 Å². The average molecular weight is 275 g/mol. The second kappa shape index (κ2) is 6.40. The van der Waals surface area contributed by atoms with Crippen molar-refractivity contribution in [2.45, 2.75) is 44.9 Å². The molecule has 0 bridgehead atoms. The lowest BCUT2D eigenvalue weighted by molar-refractivity contribution is -0.131. The Labute approximate surface area is 121 Å². The molecule has 3 nitrogen and oxygen atoms in total. The fraction of sp³-hybridized carbons (Fsp3) is 0.588. The molecule has 1 unspecified atom stereocenters. The maximum absolute atomic E-state index is 11.1. The normalized spacial score (nSPS) is 22.9. The van der Waals surface area contributed by atoms with Gasteiger partial charge in [-0.3, -0.25) is 4.79 Å². The summed E-state index contributed by atoms with van der Waals surface area (Å²) in [5, 5.41) is 0. The van der Waals surface area contributed by atoms with Crippen molar-refractivity contribution in [2.75, 3.05) is 20.1 Å². The molecule has 2 rings (SSSR count). The molecule has 1 heterocycles. The van der Waals surface area contributed by atoms with E-state index in [1.165, 1.54) is 38.2 Å². The Morgan fingerprint density at radius 2 is 2.25 bits per heavy atom. The number of likely N-dealkylation sites (tertiary alicyclic amines) is 1. The molecule has 0 spiro atoms. The van der Waals surface area contributed by atoms with Crippen LogP contribution in [-0.2, 0) is 10.2 Å². The molecule has 1 atom stereocenters. The molecule has 1 fully saturated rings. The topological polar surface area (TPSA) is 29.5 Å². The van der Waals surface area contributed by atoms with Gasteiger partial charge < -0.3 is 9.64 Å². The highest BCUT2D eigenvalue weighted by Crippen LogP contribution is 2.39. The molecule has 0 aliphatic carbocycles. The van der Waals surface area contributed by atoms with Crippen molar-refractivity contribution >= 4 is 5.97 Å². The summed E-state index contributed by atoms with van der Waals surface area (Å²) in [6.45, 7) is 5.92. The second-order valence-electron chi connectivity index (χ2n) is 5.99. The molecule has 0 amide bonds. The van der Waals surface area contributed by atoms with Crippen molar-refractivity contribution in [1.82, 2.24) is 4.90 Å². The second-order valence-corrected chi connectivity index (χ2v) is 5.99. The van der Waals surface area contributed by atoms with Crippen molar-refractivity contribution < 1.29 is 9.53 Å². The van der Waals surface area contributed by atoms with Crippen molar-refractivity contribution in [2.24, 2.45) is 0 Å². The van der Waals surface area contributed by atoms with E-state index in [1.807, 2.05) is 12.1 Å². The minimum atomic E-state index is -0.256. The van der Waals surface area contributed by atoms with Crippen LogP contribution in [0.3, 0.4) is 0 Å². The lowest BCUT2D eigenvalue weighted by Crippen LogP contribution is -2.29. The number of likely N-dealkylation sites (N-methyl/N-ethyl adjacent to an activating group) is 1. The van der Waals surface area contributed by atoms with Gasteiger partial charge in [0.2, 0.25) is 0 Å². The average Bonchev–Trinajstić information content (AvgIpc) is 2.79. The summed E-state index contributed by atoms with van der Waals surface area (Å²) in [6, 6.07) is 8.09. The summed E-state index contributed by atoms with van der Waals surface area (Å²) < 4.78 is 5.24. The Balaban J connectivity index is 2.26. The van der Waals surface area contributed by atoms with Gasteiger partial charge in [0.05, 0.1) is 0 Å². The van der Waals surface area contributed by atoms with Crippen LogP contribution in [0.4, 0.5) is 0 Å². The van der Waals surface area contributed by atoms with Gasteiger partial charge in [0.15, 0.2) is 0 Å². The van der Waals surface area contributed by atoms with Crippen LogP contribution in [0.25, 0.3) is 0 Å². The third-order valence-electron chi connectivity index (χ3n) is 4.26. The highest BCUT2D eigenvalue weighted by Gasteiger charge is 2.37. The van der Waals surface area contributed by atoms with Gasteiger partial charge in [-0.15, -0.1) is 0 Å². The van der Waals surface area contributed by atoms with Crippen LogP contribution in [0.2, 0.25) is 0 Å². The molecule has 1 aliphatic heterocycles. The van der Waals surface area contributed by atoms with Crippen molar-refractivity contribution in [3.8, 4) is 5.75 Å². The highest BCUT2D eigenvalue weighted by molar-refractivity contribution is 5.69. The molecular formula is C17H25NO2. The predicted molar refractivity (Wildman–Crippen MR) is 81.1 cm³/mol. The lowest BCUT2D eigenvalue weighted by atomic mass is 9.75. The number of ether oxygens (including phenoxy) is 1. The van der Waals surface area contributed by atoms with Crippen LogP contribution < -0.4 is 4.74 Å². The molecule has 1 aromatic rings. The predicted octanol–water partition coefficient (Wildman–Crippen LogP) is 3.38. The van der Waals surface area contributed by atoms with Crippen LogP contribution >= 0.6 is 0 Å². The zero-order chi connectivity index (χ0) is 14.6. The molecule has 1 aromatic carbocycles. The maximum atomic E-state index is 11.1. The van der Waals surface area contributed by atoms with Gasteiger partial charge in [-0.1, -0.05) is 31.9 Å². The summed E-state index contributed by atoms with van der Waals surface area (Å²) in [6.07, 6.45) is 4.85. The number of unbranched alkanes of at least 4 members (excludes halogenated alkanes) is 1. The van der Waals surface area contributed by atoms with E-state index >= 15 is 0 Å². The van der Waals surface area contributed by atoms with Crippen molar-refractivity contribution in [3.05, 3.63) is 29.8 Å². The molecule has 0 radical (unpaired) electrons. The third kappa shape index (κ3) is 3.40. The summed E-state index contributed by atoms with van der Waals surface area (Å²) in [5.74, 6) is 0.411. The molecule has 0 saturated carbocycles. The van der Waals surface area contributed by atoms with E-state index < -0.39 is 0 Å². The van der Waals surface area contributed by atoms with Crippen molar-refractivity contribution in [1.29, 1.82) is 0 Å². The number of carbonyl (C=O) groups excluding carboxylic acids is 1. The number of nitrogens with zero attached hydrogens (tertiary/aromatic N) is 1. The first-order valence-corrected chi connectivity index (χ1v) is 7.53. The number of hydrogen-bond acceptors (Lipinski definition) is 3. The monoisotopic (exact) mass is 275 g/mol. The van der Waals surface area contributed by atoms with Gasteiger partial charge in [0, 0.05) is 18.9 Å². The molecule has 1 aliphatic rings. The van der Waals surface area contributed by atoms with Gasteiger partial charge in [-0.05, 0) is 44.1 Å². The standard InChI is InChI=1S/C17H25NO2/c1-4-5-9-17(10-11-18(3)13-17)15-7-6-8-16(12-15)20-14(2)19/h6-8,12H,4-5,9-11,13H2,1-3H3. The van der Waals surface area contributed by atoms with E-state index in [4.69, 9.17) is 4.74 Å². The Morgan fingerprint density at radius 3 is 2.85 bits per heavy atom. The molecule has 1 saturated heterocycles. The van der Waals surface area contributed by atoms with E-state index in [1.54, 1.807) is 0 Å². The summed E-state index contributed by atoms with van der Waals surface area (Å²) in [7, 11) is 2.18. The molecule has 0 aromatic heterocycles. The van der Waals surface area contributed by atoms with Gasteiger partial charge >= 0.3 is 5.97 Å². The smallest absolute Gasteiger partial charge is 0.308 e. The van der Waals surface area contributed by atoms with Crippen LogP contribution in [0.1, 0.15) is 45.1 Å². The molecular weight excluding hydrogens is 250 g/mol. The number of hydrogen-bond donors (Lipinski definition) is 0. The fourth-order valence-corrected chi connectivity index (χ4v) is 3.23. The van der Waals surface area contributed by atoms with Crippen LogP contribution in [0.15, 0.2) is 24.3 Å². The summed E-state index contributed by atoms with van der Waals surface area (Å²) >= 11 is 0. The van der Waals surface area contributed by atoms with Gasteiger partial charge in [0.25, 0.3) is 0 Å². The minimum absolute atomic E-state index is 0.223. The number of rotatable bonds is 5. The number of benzene rings is 1. The van der Waals surface area contributed by atoms with E-state index in [0.717, 1.165) is 13.1 Å². The van der Waals surface area contributed by atoms with Crippen molar-refractivity contribution in [3.63, 3.8) is 0 Å². The summed E-state index contributed by atoms with van der Waals surface area (Å²) in [5.41, 5.74) is 1.54. The summed E-state index contributed by atoms with van der Waals surface area (Å²) in [4.78, 5) is 13.5. The Bertz CT molecular complexity index is 472. The Kier molecular flexibility index (Phi) is 4.81. The third-order valence-corrected chi connectivity index (χ3v) is 4.26. The molecule has 3 heteroatoms. The number of esters is 1. The van der Waals surface area contributed by atoms with E-state index in [-0.39, 0.29) is 11.4 Å². The minimum Gasteiger partial charge on any atom is -0.427 e. The SMILES string of the molecule is CCCCC1(c2cccc(OC(C)=O)c2)CCN(C)C1. The molecule has 110 valence electrons. The van der Waals surface area contributed by atoms with E-state index in [0.29, 0.717) is 5.75 Å². The first-order chi connectivity index (χ1) is 9.55. The molecule has 0 N–H and O–H groups in total. The first kappa shape index (κ1) is 15.0. The lowest BCUT2D eigenvalue weighted by Gasteiger charge is -2.30. The van der Waals surface area contributed by atoms with Gasteiger partial charge in [-0.2, -0.15) is 0 Å². The van der Waals surface area contributed by atoms with Gasteiger partial charge in [0.1, 0.15) is 5.75 Å². The van der Waals surface area contributed by atoms with Gasteiger partial charge in [-0.25, -0.2) is 0 Å². The maximum Gasteiger partial charge on any atom is 0.308 e. The van der Waals surface area contributed by atoms with Crippen LogP contribution in [-0.4, -0.2) is 31.0 Å². The zero-order valence-corrected chi connectivity index (χ0v) is 12.8.